The van der Waals surface area contributed by atoms with Gasteiger partial charge in [-0.05, 0) is 49.6 Å². The summed E-state index contributed by atoms with van der Waals surface area (Å²) in [6.45, 7) is 5.70. The van der Waals surface area contributed by atoms with Crippen LogP contribution in [0.15, 0.2) is 42.5 Å². The van der Waals surface area contributed by atoms with Crippen LogP contribution in [0.5, 0.6) is 5.75 Å². The molecule has 0 aliphatic rings. The highest BCUT2D eigenvalue weighted by Crippen LogP contribution is 2.22. The van der Waals surface area contributed by atoms with Gasteiger partial charge in [0, 0.05) is 0 Å². The highest BCUT2D eigenvalue weighted by Gasteiger charge is 2.11. The van der Waals surface area contributed by atoms with Crippen molar-refractivity contribution in [3.05, 3.63) is 65.0 Å². The molecule has 1 N–H and O–H groups in total. The largest absolute Gasteiger partial charge is 0.483 e. The van der Waals surface area contributed by atoms with Crippen LogP contribution in [0, 0.1) is 19.7 Å². The molecule has 22 heavy (non-hydrogen) atoms. The van der Waals surface area contributed by atoms with Gasteiger partial charge in [-0.3, -0.25) is 4.79 Å². The first-order valence-electron chi connectivity index (χ1n) is 7.21. The van der Waals surface area contributed by atoms with E-state index in [-0.39, 0.29) is 24.4 Å². The van der Waals surface area contributed by atoms with Crippen molar-refractivity contribution in [2.45, 2.75) is 26.8 Å². The first kappa shape index (κ1) is 16.0. The minimum absolute atomic E-state index is 0.0444. The van der Waals surface area contributed by atoms with Crippen LogP contribution in [-0.4, -0.2) is 12.5 Å². The second-order valence-electron chi connectivity index (χ2n) is 5.35. The van der Waals surface area contributed by atoms with Crippen molar-refractivity contribution in [3.8, 4) is 5.75 Å². The summed E-state index contributed by atoms with van der Waals surface area (Å²) in [4.78, 5) is 12.0. The zero-order chi connectivity index (χ0) is 16.1. The van der Waals surface area contributed by atoms with Gasteiger partial charge in [-0.2, -0.15) is 0 Å². The van der Waals surface area contributed by atoms with Crippen molar-refractivity contribution in [3.63, 3.8) is 0 Å². The Morgan fingerprint density at radius 3 is 2.32 bits per heavy atom. The fourth-order valence-corrected chi connectivity index (χ4v) is 2.28. The van der Waals surface area contributed by atoms with Gasteiger partial charge in [-0.15, -0.1) is 0 Å². The van der Waals surface area contributed by atoms with Gasteiger partial charge in [-0.1, -0.05) is 30.3 Å². The van der Waals surface area contributed by atoms with E-state index < -0.39 is 0 Å². The number of halogens is 1. The summed E-state index contributed by atoms with van der Waals surface area (Å²) in [6.07, 6.45) is 0. The SMILES string of the molecule is Cc1cccc(C)c1OCC(=O)N[C@H](C)c1ccc(F)cc1. The molecule has 0 spiro atoms. The van der Waals surface area contributed by atoms with Crippen LogP contribution in [0.25, 0.3) is 0 Å². The summed E-state index contributed by atoms with van der Waals surface area (Å²) < 4.78 is 18.5. The number of para-hydroxylation sites is 1. The molecule has 0 heterocycles. The number of rotatable bonds is 5. The fourth-order valence-electron chi connectivity index (χ4n) is 2.28. The standard InChI is InChI=1S/C18H20FNO2/c1-12-5-4-6-13(2)18(12)22-11-17(21)20-14(3)15-7-9-16(19)10-8-15/h4-10,14H,11H2,1-3H3,(H,20,21)/t14-/m1/s1. The molecule has 1 atom stereocenters. The van der Waals surface area contributed by atoms with Gasteiger partial charge in [0.15, 0.2) is 6.61 Å². The first-order chi connectivity index (χ1) is 10.5. The molecule has 0 bridgehead atoms. The van der Waals surface area contributed by atoms with E-state index in [4.69, 9.17) is 4.74 Å². The second kappa shape index (κ2) is 7.07. The number of aryl methyl sites for hydroxylation is 2. The lowest BCUT2D eigenvalue weighted by atomic mass is 10.1. The van der Waals surface area contributed by atoms with Crippen LogP contribution in [0.1, 0.15) is 29.7 Å². The van der Waals surface area contributed by atoms with E-state index >= 15 is 0 Å². The Morgan fingerprint density at radius 1 is 1.14 bits per heavy atom. The van der Waals surface area contributed by atoms with Crippen molar-refractivity contribution in [2.75, 3.05) is 6.61 Å². The molecule has 0 saturated heterocycles. The van der Waals surface area contributed by atoms with Crippen LogP contribution < -0.4 is 10.1 Å². The van der Waals surface area contributed by atoms with E-state index in [2.05, 4.69) is 5.32 Å². The lowest BCUT2D eigenvalue weighted by molar-refractivity contribution is -0.123. The molecule has 2 rings (SSSR count). The maximum atomic E-state index is 12.9. The zero-order valence-corrected chi connectivity index (χ0v) is 13.0. The Bertz CT molecular complexity index is 632. The normalized spacial score (nSPS) is 11.8. The van der Waals surface area contributed by atoms with Gasteiger partial charge in [0.2, 0.25) is 0 Å². The molecule has 0 saturated carbocycles. The number of carbonyl (C=O) groups is 1. The third kappa shape index (κ3) is 4.07. The molecule has 3 nitrogen and oxygen atoms in total. The smallest absolute Gasteiger partial charge is 0.258 e. The number of hydrogen-bond acceptors (Lipinski definition) is 2. The van der Waals surface area contributed by atoms with Crippen LogP contribution in [0.4, 0.5) is 4.39 Å². The molecule has 4 heteroatoms. The number of benzene rings is 2. The van der Waals surface area contributed by atoms with Crippen molar-refractivity contribution in [1.29, 1.82) is 0 Å². The summed E-state index contributed by atoms with van der Waals surface area (Å²) in [5, 5.41) is 2.84. The Morgan fingerprint density at radius 2 is 1.73 bits per heavy atom. The first-order valence-corrected chi connectivity index (χ1v) is 7.21. The Labute approximate surface area is 130 Å². The maximum Gasteiger partial charge on any atom is 0.258 e. The van der Waals surface area contributed by atoms with E-state index in [0.717, 1.165) is 22.4 Å². The molecule has 116 valence electrons. The number of nitrogens with one attached hydrogen (secondary N) is 1. The van der Waals surface area contributed by atoms with Crippen LogP contribution in [-0.2, 0) is 4.79 Å². The lowest BCUT2D eigenvalue weighted by Crippen LogP contribution is -2.31. The van der Waals surface area contributed by atoms with Crippen molar-refractivity contribution < 1.29 is 13.9 Å². The minimum Gasteiger partial charge on any atom is -0.483 e. The zero-order valence-electron chi connectivity index (χ0n) is 13.0. The van der Waals surface area contributed by atoms with Gasteiger partial charge in [0.25, 0.3) is 5.91 Å². The van der Waals surface area contributed by atoms with E-state index in [9.17, 15) is 9.18 Å². The predicted octanol–water partition coefficient (Wildman–Crippen LogP) is 3.70. The van der Waals surface area contributed by atoms with Gasteiger partial charge in [0.05, 0.1) is 6.04 Å². The molecule has 0 aliphatic carbocycles. The van der Waals surface area contributed by atoms with Crippen molar-refractivity contribution in [1.82, 2.24) is 5.32 Å². The summed E-state index contributed by atoms with van der Waals surface area (Å²) in [5.41, 5.74) is 2.85. The fraction of sp³-hybridized carbons (Fsp3) is 0.278. The number of carbonyl (C=O) groups excluding carboxylic acids is 1. The van der Waals surface area contributed by atoms with Crippen molar-refractivity contribution >= 4 is 5.91 Å². The average Bonchev–Trinajstić information content (AvgIpc) is 2.47. The minimum atomic E-state index is -0.291. The molecule has 2 aromatic carbocycles. The molecule has 0 aliphatic heterocycles. The van der Waals surface area contributed by atoms with Gasteiger partial charge in [0.1, 0.15) is 11.6 Å². The Hall–Kier alpha value is -2.36. The van der Waals surface area contributed by atoms with E-state index in [1.165, 1.54) is 12.1 Å². The quantitative estimate of drug-likeness (QED) is 0.914. The van der Waals surface area contributed by atoms with Gasteiger partial charge < -0.3 is 10.1 Å². The number of hydrogen-bond donors (Lipinski definition) is 1. The molecule has 0 radical (unpaired) electrons. The van der Waals surface area contributed by atoms with E-state index in [1.807, 2.05) is 39.0 Å². The summed E-state index contributed by atoms with van der Waals surface area (Å²) >= 11 is 0. The monoisotopic (exact) mass is 301 g/mol. The Kier molecular flexibility index (Phi) is 5.15. The van der Waals surface area contributed by atoms with Crippen LogP contribution in [0.2, 0.25) is 0 Å². The molecule has 2 aromatic rings. The van der Waals surface area contributed by atoms with E-state index in [1.54, 1.807) is 12.1 Å². The maximum absolute atomic E-state index is 12.9. The van der Waals surface area contributed by atoms with Crippen LogP contribution >= 0.6 is 0 Å². The molecule has 0 fully saturated rings. The molecular formula is C18H20FNO2. The third-order valence-electron chi connectivity index (χ3n) is 3.50. The Balaban J connectivity index is 1.91. The number of amides is 1. The summed E-state index contributed by atoms with van der Waals surface area (Å²) in [6, 6.07) is 11.7. The molecule has 1 amide bonds. The molecule has 0 aromatic heterocycles. The third-order valence-corrected chi connectivity index (χ3v) is 3.50. The summed E-state index contributed by atoms with van der Waals surface area (Å²) in [5.74, 6) is 0.243. The lowest BCUT2D eigenvalue weighted by Gasteiger charge is -2.16. The predicted molar refractivity (Wildman–Crippen MR) is 84.4 cm³/mol. The highest BCUT2D eigenvalue weighted by atomic mass is 19.1. The van der Waals surface area contributed by atoms with Gasteiger partial charge >= 0.3 is 0 Å². The van der Waals surface area contributed by atoms with Crippen LogP contribution in [0.3, 0.4) is 0 Å². The average molecular weight is 301 g/mol. The summed E-state index contributed by atoms with van der Waals surface area (Å²) in [7, 11) is 0. The molecule has 0 unspecified atom stereocenters. The van der Waals surface area contributed by atoms with E-state index in [0.29, 0.717) is 0 Å². The highest BCUT2D eigenvalue weighted by molar-refractivity contribution is 5.78. The van der Waals surface area contributed by atoms with Crippen molar-refractivity contribution in [2.24, 2.45) is 0 Å². The topological polar surface area (TPSA) is 38.3 Å². The van der Waals surface area contributed by atoms with Gasteiger partial charge in [-0.25, -0.2) is 4.39 Å². The molecular weight excluding hydrogens is 281 g/mol. The number of ether oxygens (including phenoxy) is 1. The second-order valence-corrected chi connectivity index (χ2v) is 5.35.